The molecule has 1 aromatic rings. The molecule has 0 bridgehead atoms. The van der Waals surface area contributed by atoms with Crippen molar-refractivity contribution in [2.45, 2.75) is 20.0 Å². The van der Waals surface area contributed by atoms with Gasteiger partial charge in [-0.15, -0.1) is 0 Å². The first-order valence-corrected chi connectivity index (χ1v) is 4.13. The van der Waals surface area contributed by atoms with Crippen molar-refractivity contribution in [1.29, 1.82) is 0 Å². The lowest BCUT2D eigenvalue weighted by Crippen LogP contribution is -2.16. The van der Waals surface area contributed by atoms with Gasteiger partial charge in [-0.2, -0.15) is 0 Å². The summed E-state index contributed by atoms with van der Waals surface area (Å²) in [6.45, 7) is 2.67. The number of nitrogens with zero attached hydrogens (tertiary/aromatic N) is 2. The summed E-state index contributed by atoms with van der Waals surface area (Å²) in [7, 11) is 0. The van der Waals surface area contributed by atoms with E-state index in [0.717, 1.165) is 0 Å². The minimum Gasteiger partial charge on any atom is -0.465 e. The van der Waals surface area contributed by atoms with Gasteiger partial charge in [-0.1, -0.05) is 0 Å². The van der Waals surface area contributed by atoms with Crippen LogP contribution in [0.1, 0.15) is 12.7 Å². The molecular weight excluding hydrogens is 170 g/mol. The summed E-state index contributed by atoms with van der Waals surface area (Å²) in [6.07, 6.45) is 3.32. The number of carbonyl (C=O) groups is 1. The number of carbonyl (C=O) groups excluding carboxylic acids is 1. The Hall–Kier alpha value is -1.36. The zero-order chi connectivity index (χ0) is 9.68. The van der Waals surface area contributed by atoms with Crippen LogP contribution in [0.25, 0.3) is 0 Å². The summed E-state index contributed by atoms with van der Waals surface area (Å²) in [6, 6.07) is 0. The highest BCUT2D eigenvalue weighted by atomic mass is 16.5. The van der Waals surface area contributed by atoms with Gasteiger partial charge in [-0.25, -0.2) is 4.98 Å². The van der Waals surface area contributed by atoms with Crippen molar-refractivity contribution in [3.05, 3.63) is 18.2 Å². The Bertz CT molecular complexity index is 283. The van der Waals surface area contributed by atoms with Gasteiger partial charge < -0.3 is 15.0 Å². The Morgan fingerprint density at radius 2 is 2.54 bits per heavy atom. The molecule has 0 aromatic carbocycles. The van der Waals surface area contributed by atoms with Crippen LogP contribution in [0.15, 0.2) is 12.4 Å². The summed E-state index contributed by atoms with van der Waals surface area (Å²) in [5, 5.41) is 0. The molecule has 1 aromatic heterocycles. The smallest absolute Gasteiger partial charge is 0.325 e. The van der Waals surface area contributed by atoms with Gasteiger partial charge in [0.05, 0.1) is 13.2 Å². The van der Waals surface area contributed by atoms with E-state index < -0.39 is 0 Å². The molecule has 0 saturated carbocycles. The third-order valence-electron chi connectivity index (χ3n) is 1.59. The SMILES string of the molecule is CCOC(=O)Cn1ccnc1CN. The number of hydrogen-bond donors (Lipinski definition) is 1. The number of rotatable bonds is 4. The molecule has 0 fully saturated rings. The number of imidazole rings is 1. The van der Waals surface area contributed by atoms with Gasteiger partial charge in [0.25, 0.3) is 0 Å². The second-order valence-corrected chi connectivity index (χ2v) is 2.48. The van der Waals surface area contributed by atoms with Crippen LogP contribution in [0.3, 0.4) is 0 Å². The van der Waals surface area contributed by atoms with Crippen LogP contribution < -0.4 is 5.73 Å². The molecule has 0 amide bonds. The van der Waals surface area contributed by atoms with Crippen LogP contribution in [0, 0.1) is 0 Å². The van der Waals surface area contributed by atoms with Crippen LogP contribution in [-0.2, 0) is 22.6 Å². The van der Waals surface area contributed by atoms with Crippen molar-refractivity contribution in [3.8, 4) is 0 Å². The zero-order valence-corrected chi connectivity index (χ0v) is 7.56. The third kappa shape index (κ3) is 2.55. The summed E-state index contributed by atoms with van der Waals surface area (Å²) in [5.74, 6) is 0.420. The van der Waals surface area contributed by atoms with Crippen molar-refractivity contribution in [2.24, 2.45) is 5.73 Å². The molecule has 0 aliphatic heterocycles. The normalized spacial score (nSPS) is 10.0. The van der Waals surface area contributed by atoms with E-state index in [1.807, 2.05) is 0 Å². The first-order valence-electron chi connectivity index (χ1n) is 4.13. The van der Waals surface area contributed by atoms with E-state index in [-0.39, 0.29) is 12.5 Å². The zero-order valence-electron chi connectivity index (χ0n) is 7.56. The fraction of sp³-hybridized carbons (Fsp3) is 0.500. The van der Waals surface area contributed by atoms with Crippen molar-refractivity contribution in [2.75, 3.05) is 6.61 Å². The van der Waals surface area contributed by atoms with E-state index in [1.54, 1.807) is 23.9 Å². The Balaban J connectivity index is 2.57. The lowest BCUT2D eigenvalue weighted by Gasteiger charge is -2.05. The van der Waals surface area contributed by atoms with E-state index in [0.29, 0.717) is 19.0 Å². The molecule has 0 aliphatic rings. The van der Waals surface area contributed by atoms with Crippen molar-refractivity contribution < 1.29 is 9.53 Å². The number of aromatic nitrogens is 2. The number of nitrogens with two attached hydrogens (primary N) is 1. The van der Waals surface area contributed by atoms with E-state index >= 15 is 0 Å². The monoisotopic (exact) mass is 183 g/mol. The molecule has 0 aliphatic carbocycles. The minimum atomic E-state index is -0.268. The Morgan fingerprint density at radius 3 is 3.15 bits per heavy atom. The molecule has 1 rings (SSSR count). The summed E-state index contributed by atoms with van der Waals surface area (Å²) >= 11 is 0. The van der Waals surface area contributed by atoms with Gasteiger partial charge in [-0.3, -0.25) is 4.79 Å². The second-order valence-electron chi connectivity index (χ2n) is 2.48. The summed E-state index contributed by atoms with van der Waals surface area (Å²) in [5.41, 5.74) is 5.41. The van der Waals surface area contributed by atoms with Gasteiger partial charge in [-0.05, 0) is 6.92 Å². The highest BCUT2D eigenvalue weighted by Crippen LogP contribution is 1.96. The van der Waals surface area contributed by atoms with Crippen LogP contribution in [0.5, 0.6) is 0 Å². The van der Waals surface area contributed by atoms with Crippen LogP contribution in [-0.4, -0.2) is 22.1 Å². The molecule has 1 heterocycles. The summed E-state index contributed by atoms with van der Waals surface area (Å²) < 4.78 is 6.46. The molecule has 13 heavy (non-hydrogen) atoms. The first kappa shape index (κ1) is 9.73. The molecular formula is C8H13N3O2. The van der Waals surface area contributed by atoms with E-state index in [1.165, 1.54) is 0 Å². The Kier molecular flexibility index (Phi) is 3.45. The van der Waals surface area contributed by atoms with Crippen molar-refractivity contribution in [1.82, 2.24) is 9.55 Å². The van der Waals surface area contributed by atoms with Gasteiger partial charge >= 0.3 is 5.97 Å². The van der Waals surface area contributed by atoms with Gasteiger partial charge in [0.2, 0.25) is 0 Å². The molecule has 0 unspecified atom stereocenters. The molecule has 0 atom stereocenters. The number of esters is 1. The maximum Gasteiger partial charge on any atom is 0.325 e. The van der Waals surface area contributed by atoms with Crippen LogP contribution in [0.2, 0.25) is 0 Å². The van der Waals surface area contributed by atoms with Gasteiger partial charge in [0, 0.05) is 12.4 Å². The number of hydrogen-bond acceptors (Lipinski definition) is 4. The number of ether oxygens (including phenoxy) is 1. The predicted molar refractivity (Wildman–Crippen MR) is 46.8 cm³/mol. The van der Waals surface area contributed by atoms with Crippen LogP contribution in [0.4, 0.5) is 0 Å². The molecule has 0 saturated heterocycles. The van der Waals surface area contributed by atoms with E-state index in [4.69, 9.17) is 10.5 Å². The molecule has 0 radical (unpaired) electrons. The molecule has 2 N–H and O–H groups in total. The summed E-state index contributed by atoms with van der Waals surface area (Å²) in [4.78, 5) is 15.0. The molecule has 72 valence electrons. The minimum absolute atomic E-state index is 0.181. The van der Waals surface area contributed by atoms with Crippen LogP contribution >= 0.6 is 0 Å². The molecule has 5 heteroatoms. The lowest BCUT2D eigenvalue weighted by molar-refractivity contribution is -0.143. The lowest BCUT2D eigenvalue weighted by atomic mass is 10.5. The van der Waals surface area contributed by atoms with E-state index in [2.05, 4.69) is 4.98 Å². The predicted octanol–water partition coefficient (Wildman–Crippen LogP) is -0.0951. The molecule has 5 nitrogen and oxygen atoms in total. The second kappa shape index (κ2) is 4.61. The quantitative estimate of drug-likeness (QED) is 0.662. The highest BCUT2D eigenvalue weighted by Gasteiger charge is 2.06. The van der Waals surface area contributed by atoms with Crippen molar-refractivity contribution >= 4 is 5.97 Å². The maximum atomic E-state index is 11.1. The average Bonchev–Trinajstić information content (AvgIpc) is 2.52. The third-order valence-corrected chi connectivity index (χ3v) is 1.59. The largest absolute Gasteiger partial charge is 0.465 e. The Labute approximate surface area is 76.5 Å². The fourth-order valence-electron chi connectivity index (χ4n) is 1.02. The standard InChI is InChI=1S/C8H13N3O2/c1-2-13-8(12)6-11-4-3-10-7(11)5-9/h3-4H,2,5-6,9H2,1H3. The van der Waals surface area contributed by atoms with Gasteiger partial charge in [0.1, 0.15) is 12.4 Å². The first-order chi connectivity index (χ1) is 6.27. The topological polar surface area (TPSA) is 70.1 Å². The maximum absolute atomic E-state index is 11.1. The van der Waals surface area contributed by atoms with Crippen molar-refractivity contribution in [3.63, 3.8) is 0 Å². The highest BCUT2D eigenvalue weighted by molar-refractivity contribution is 5.69. The molecule has 0 spiro atoms. The fourth-order valence-corrected chi connectivity index (χ4v) is 1.02. The average molecular weight is 183 g/mol. The van der Waals surface area contributed by atoms with Gasteiger partial charge in [0.15, 0.2) is 0 Å². The van der Waals surface area contributed by atoms with E-state index in [9.17, 15) is 4.79 Å². The Morgan fingerprint density at radius 1 is 1.77 bits per heavy atom.